The van der Waals surface area contributed by atoms with Crippen molar-refractivity contribution in [3.8, 4) is 0 Å². The lowest BCUT2D eigenvalue weighted by atomic mass is 10.1. The van der Waals surface area contributed by atoms with Crippen LogP contribution in [0.1, 0.15) is 25.1 Å². The van der Waals surface area contributed by atoms with Gasteiger partial charge in [-0.05, 0) is 31.2 Å². The molecule has 0 aliphatic carbocycles. The lowest BCUT2D eigenvalue weighted by Crippen LogP contribution is -2.40. The van der Waals surface area contributed by atoms with Crippen LogP contribution >= 0.6 is 0 Å². The van der Waals surface area contributed by atoms with E-state index in [4.69, 9.17) is 5.73 Å². The number of benzene rings is 1. The van der Waals surface area contributed by atoms with Gasteiger partial charge in [-0.2, -0.15) is 5.10 Å². The van der Waals surface area contributed by atoms with Crippen molar-refractivity contribution in [1.29, 1.82) is 0 Å². The first-order valence-electron chi connectivity index (χ1n) is 7.99. The number of hydrogen-bond acceptors (Lipinski definition) is 5. The molecule has 7 heteroatoms. The predicted octanol–water partition coefficient (Wildman–Crippen LogP) is 1.38. The molecule has 1 aromatic heterocycles. The van der Waals surface area contributed by atoms with Gasteiger partial charge in [0.05, 0.1) is 17.4 Å². The standard InChI is InChI=1S/C18H19N5O2/c1-12(14-9-5-6-10-20-14)21-18(25)15-11-16(17(19)24)23(22-15)13-7-3-2-4-8-13/h2-10,12,16H,11H2,1H3,(H2,19,24)(H,21,25)/t12-,16-/m1/s1. The third-order valence-electron chi connectivity index (χ3n) is 4.00. The van der Waals surface area contributed by atoms with Crippen LogP contribution in [0.2, 0.25) is 0 Å². The normalized spacial score (nSPS) is 17.7. The van der Waals surface area contributed by atoms with Gasteiger partial charge >= 0.3 is 0 Å². The van der Waals surface area contributed by atoms with Crippen molar-refractivity contribution >= 4 is 23.2 Å². The SMILES string of the molecule is C[C@@H](NC(=O)C1=NN(c2ccccc2)[C@@H](C(N)=O)C1)c1ccccn1. The molecule has 1 aliphatic rings. The molecule has 0 bridgehead atoms. The van der Waals surface area contributed by atoms with E-state index in [0.717, 1.165) is 5.69 Å². The van der Waals surface area contributed by atoms with E-state index in [-0.39, 0.29) is 24.1 Å². The first-order valence-corrected chi connectivity index (χ1v) is 7.99. The number of nitrogens with zero attached hydrogens (tertiary/aromatic N) is 3. The molecule has 128 valence electrons. The van der Waals surface area contributed by atoms with Gasteiger partial charge in [-0.15, -0.1) is 0 Å². The smallest absolute Gasteiger partial charge is 0.268 e. The fraction of sp³-hybridized carbons (Fsp3) is 0.222. The van der Waals surface area contributed by atoms with E-state index < -0.39 is 11.9 Å². The van der Waals surface area contributed by atoms with Crippen LogP contribution in [0, 0.1) is 0 Å². The lowest BCUT2D eigenvalue weighted by molar-refractivity contribution is -0.119. The minimum Gasteiger partial charge on any atom is -0.368 e. The molecular formula is C18H19N5O2. The third kappa shape index (κ3) is 3.65. The molecule has 0 spiro atoms. The monoisotopic (exact) mass is 337 g/mol. The Bertz CT molecular complexity index is 792. The van der Waals surface area contributed by atoms with Crippen molar-refractivity contribution in [3.05, 3.63) is 60.4 Å². The van der Waals surface area contributed by atoms with Crippen LogP contribution in [0.5, 0.6) is 0 Å². The Morgan fingerprint density at radius 3 is 2.56 bits per heavy atom. The van der Waals surface area contributed by atoms with E-state index in [0.29, 0.717) is 5.69 Å². The molecule has 2 heterocycles. The predicted molar refractivity (Wildman–Crippen MR) is 94.8 cm³/mol. The zero-order valence-electron chi connectivity index (χ0n) is 13.8. The minimum atomic E-state index is -0.673. The minimum absolute atomic E-state index is 0.172. The van der Waals surface area contributed by atoms with Crippen molar-refractivity contribution in [2.45, 2.75) is 25.4 Å². The number of aromatic nitrogens is 1. The molecule has 0 fully saturated rings. The van der Waals surface area contributed by atoms with Crippen molar-refractivity contribution in [2.24, 2.45) is 10.8 Å². The summed E-state index contributed by atoms with van der Waals surface area (Å²) < 4.78 is 0. The van der Waals surface area contributed by atoms with Crippen LogP contribution in [0.25, 0.3) is 0 Å². The number of hydrogen-bond donors (Lipinski definition) is 2. The topological polar surface area (TPSA) is 101 Å². The number of pyridine rings is 1. The molecule has 2 atom stereocenters. The number of primary amides is 1. The molecule has 3 N–H and O–H groups in total. The second-order valence-corrected chi connectivity index (χ2v) is 5.80. The van der Waals surface area contributed by atoms with Crippen molar-refractivity contribution < 1.29 is 9.59 Å². The van der Waals surface area contributed by atoms with E-state index in [1.165, 1.54) is 5.01 Å². The number of nitrogens with two attached hydrogens (primary N) is 1. The van der Waals surface area contributed by atoms with Gasteiger partial charge in [-0.25, -0.2) is 0 Å². The first-order chi connectivity index (χ1) is 12.1. The van der Waals surface area contributed by atoms with E-state index in [2.05, 4.69) is 15.4 Å². The van der Waals surface area contributed by atoms with Gasteiger partial charge in [-0.3, -0.25) is 19.6 Å². The highest BCUT2D eigenvalue weighted by Crippen LogP contribution is 2.24. The number of nitrogens with one attached hydrogen (secondary N) is 1. The zero-order valence-corrected chi connectivity index (χ0v) is 13.8. The van der Waals surface area contributed by atoms with Crippen molar-refractivity contribution in [2.75, 3.05) is 5.01 Å². The molecule has 25 heavy (non-hydrogen) atoms. The number of anilines is 1. The van der Waals surface area contributed by atoms with E-state index in [1.54, 1.807) is 6.20 Å². The Balaban J connectivity index is 1.77. The van der Waals surface area contributed by atoms with Gasteiger partial charge in [0.2, 0.25) is 5.91 Å². The fourth-order valence-corrected chi connectivity index (χ4v) is 2.67. The maximum atomic E-state index is 12.5. The molecule has 0 unspecified atom stereocenters. The number of carbonyl (C=O) groups excluding carboxylic acids is 2. The molecule has 1 aliphatic heterocycles. The third-order valence-corrected chi connectivity index (χ3v) is 4.00. The highest BCUT2D eigenvalue weighted by molar-refractivity contribution is 6.40. The molecule has 7 nitrogen and oxygen atoms in total. The highest BCUT2D eigenvalue weighted by atomic mass is 16.2. The van der Waals surface area contributed by atoms with Gasteiger partial charge in [0, 0.05) is 12.6 Å². The summed E-state index contributed by atoms with van der Waals surface area (Å²) >= 11 is 0. The number of rotatable bonds is 5. The van der Waals surface area contributed by atoms with Gasteiger partial charge in [0.1, 0.15) is 11.8 Å². The Morgan fingerprint density at radius 2 is 1.92 bits per heavy atom. The van der Waals surface area contributed by atoms with Gasteiger partial charge in [0.25, 0.3) is 5.91 Å². The van der Waals surface area contributed by atoms with Crippen molar-refractivity contribution in [3.63, 3.8) is 0 Å². The van der Waals surface area contributed by atoms with Crippen LogP contribution in [-0.4, -0.2) is 28.6 Å². The first kappa shape index (κ1) is 16.6. The number of carbonyl (C=O) groups is 2. The second-order valence-electron chi connectivity index (χ2n) is 5.80. The van der Waals surface area contributed by atoms with Crippen molar-refractivity contribution in [1.82, 2.24) is 10.3 Å². The molecule has 1 aromatic carbocycles. The van der Waals surface area contributed by atoms with Gasteiger partial charge < -0.3 is 11.1 Å². The van der Waals surface area contributed by atoms with Crippen LogP contribution in [0.15, 0.2) is 59.8 Å². The molecule has 3 rings (SSSR count). The number of para-hydroxylation sites is 1. The van der Waals surface area contributed by atoms with E-state index in [9.17, 15) is 9.59 Å². The van der Waals surface area contributed by atoms with E-state index in [1.807, 2.05) is 55.5 Å². The fourth-order valence-electron chi connectivity index (χ4n) is 2.67. The van der Waals surface area contributed by atoms with Crippen LogP contribution in [0.3, 0.4) is 0 Å². The lowest BCUT2D eigenvalue weighted by Gasteiger charge is -2.20. The number of amides is 2. The molecule has 2 aromatic rings. The molecule has 0 saturated carbocycles. The maximum absolute atomic E-state index is 12.5. The summed E-state index contributed by atoms with van der Waals surface area (Å²) in [6, 6.07) is 13.7. The molecule has 0 saturated heterocycles. The largest absolute Gasteiger partial charge is 0.368 e. The molecule has 0 radical (unpaired) electrons. The van der Waals surface area contributed by atoms with Crippen LogP contribution in [-0.2, 0) is 9.59 Å². The summed E-state index contributed by atoms with van der Waals surface area (Å²) in [4.78, 5) is 28.5. The summed E-state index contributed by atoms with van der Waals surface area (Å²) in [6.45, 7) is 1.84. The van der Waals surface area contributed by atoms with Crippen LogP contribution < -0.4 is 16.1 Å². The number of hydrazone groups is 1. The molecule has 2 amide bonds. The highest BCUT2D eigenvalue weighted by Gasteiger charge is 2.35. The quantitative estimate of drug-likeness (QED) is 0.860. The summed E-state index contributed by atoms with van der Waals surface area (Å²) in [5.41, 5.74) is 7.22. The summed E-state index contributed by atoms with van der Waals surface area (Å²) in [7, 11) is 0. The van der Waals surface area contributed by atoms with Gasteiger partial charge in [0.15, 0.2) is 0 Å². The molecular weight excluding hydrogens is 318 g/mol. The average molecular weight is 337 g/mol. The van der Waals surface area contributed by atoms with Crippen LogP contribution in [0.4, 0.5) is 5.69 Å². The average Bonchev–Trinajstić information content (AvgIpc) is 3.09. The second kappa shape index (κ2) is 7.12. The Labute approximate surface area is 145 Å². The Hall–Kier alpha value is -3.22. The Kier molecular flexibility index (Phi) is 4.74. The summed E-state index contributed by atoms with van der Waals surface area (Å²) in [5.74, 6) is -0.851. The summed E-state index contributed by atoms with van der Waals surface area (Å²) in [5, 5.41) is 8.69. The maximum Gasteiger partial charge on any atom is 0.268 e. The Morgan fingerprint density at radius 1 is 1.20 bits per heavy atom. The zero-order chi connectivity index (χ0) is 17.8. The van der Waals surface area contributed by atoms with E-state index >= 15 is 0 Å². The van der Waals surface area contributed by atoms with Gasteiger partial charge in [-0.1, -0.05) is 24.3 Å². The summed E-state index contributed by atoms with van der Waals surface area (Å²) in [6.07, 6.45) is 1.84.